The standard InChI is InChI=1S/C14H27N/c1-6-14(15,7-2)11-13(5)10-8-9-12(3)4/h9,11H,6-8,10,15H2,1-5H3/b13-11+. The highest BCUT2D eigenvalue weighted by Gasteiger charge is 2.16. The van der Waals surface area contributed by atoms with E-state index in [2.05, 4.69) is 46.8 Å². The molecule has 0 saturated heterocycles. The molecule has 0 bridgehead atoms. The van der Waals surface area contributed by atoms with Crippen LogP contribution in [0.4, 0.5) is 0 Å². The van der Waals surface area contributed by atoms with Gasteiger partial charge >= 0.3 is 0 Å². The van der Waals surface area contributed by atoms with Gasteiger partial charge in [-0.05, 0) is 46.5 Å². The minimum absolute atomic E-state index is 0.0882. The molecule has 0 aliphatic heterocycles. The first-order chi connectivity index (χ1) is 6.93. The van der Waals surface area contributed by atoms with E-state index in [1.807, 2.05) is 0 Å². The molecule has 0 aromatic heterocycles. The molecule has 0 saturated carbocycles. The molecule has 15 heavy (non-hydrogen) atoms. The highest BCUT2D eigenvalue weighted by molar-refractivity contribution is 5.12. The van der Waals surface area contributed by atoms with Crippen LogP contribution in [-0.4, -0.2) is 5.54 Å². The van der Waals surface area contributed by atoms with Gasteiger partial charge in [0.2, 0.25) is 0 Å². The molecule has 0 fully saturated rings. The van der Waals surface area contributed by atoms with Crippen LogP contribution in [0.3, 0.4) is 0 Å². The van der Waals surface area contributed by atoms with E-state index in [-0.39, 0.29) is 5.54 Å². The lowest BCUT2D eigenvalue weighted by molar-refractivity contribution is 0.489. The first kappa shape index (κ1) is 14.4. The average Bonchev–Trinajstić information content (AvgIpc) is 2.17. The Kier molecular flexibility index (Phi) is 6.58. The Balaban J connectivity index is 4.24. The minimum Gasteiger partial charge on any atom is -0.322 e. The van der Waals surface area contributed by atoms with Crippen molar-refractivity contribution < 1.29 is 0 Å². The van der Waals surface area contributed by atoms with Crippen molar-refractivity contribution in [2.75, 3.05) is 0 Å². The molecule has 0 unspecified atom stereocenters. The molecule has 0 spiro atoms. The predicted octanol–water partition coefficient (Wildman–Crippen LogP) is 4.20. The molecular weight excluding hydrogens is 182 g/mol. The molecule has 0 aromatic rings. The zero-order valence-corrected chi connectivity index (χ0v) is 11.1. The van der Waals surface area contributed by atoms with Gasteiger partial charge in [0.15, 0.2) is 0 Å². The molecule has 0 amide bonds. The Labute approximate surface area is 95.4 Å². The van der Waals surface area contributed by atoms with Crippen LogP contribution in [0.2, 0.25) is 0 Å². The van der Waals surface area contributed by atoms with Crippen LogP contribution in [0.25, 0.3) is 0 Å². The SMILES string of the molecule is CCC(N)(/C=C(\C)CCC=C(C)C)CC. The van der Waals surface area contributed by atoms with Gasteiger partial charge in [0.05, 0.1) is 0 Å². The fourth-order valence-corrected chi connectivity index (χ4v) is 1.61. The Morgan fingerprint density at radius 1 is 1.13 bits per heavy atom. The summed E-state index contributed by atoms with van der Waals surface area (Å²) in [6.45, 7) is 10.8. The van der Waals surface area contributed by atoms with Gasteiger partial charge in [-0.25, -0.2) is 0 Å². The Bertz CT molecular complexity index is 228. The van der Waals surface area contributed by atoms with Crippen molar-refractivity contribution in [3.05, 3.63) is 23.3 Å². The van der Waals surface area contributed by atoms with Crippen LogP contribution in [-0.2, 0) is 0 Å². The summed E-state index contributed by atoms with van der Waals surface area (Å²) in [6, 6.07) is 0. The maximum Gasteiger partial charge on any atom is 0.0336 e. The Hall–Kier alpha value is -0.560. The topological polar surface area (TPSA) is 26.0 Å². The van der Waals surface area contributed by atoms with Crippen molar-refractivity contribution in [1.82, 2.24) is 0 Å². The molecule has 0 aliphatic rings. The maximum atomic E-state index is 6.24. The number of allylic oxidation sites excluding steroid dienone is 3. The molecule has 1 heteroatoms. The molecule has 0 aromatic carbocycles. The van der Waals surface area contributed by atoms with E-state index in [0.717, 1.165) is 25.7 Å². The quantitative estimate of drug-likeness (QED) is 0.652. The van der Waals surface area contributed by atoms with E-state index >= 15 is 0 Å². The van der Waals surface area contributed by atoms with Crippen molar-refractivity contribution >= 4 is 0 Å². The molecule has 2 N–H and O–H groups in total. The highest BCUT2D eigenvalue weighted by atomic mass is 14.7. The van der Waals surface area contributed by atoms with Crippen molar-refractivity contribution in [2.45, 2.75) is 65.8 Å². The molecule has 0 atom stereocenters. The third-order valence-electron chi connectivity index (χ3n) is 2.94. The van der Waals surface area contributed by atoms with E-state index in [0.29, 0.717) is 0 Å². The van der Waals surface area contributed by atoms with Crippen molar-refractivity contribution in [3.8, 4) is 0 Å². The Morgan fingerprint density at radius 2 is 1.67 bits per heavy atom. The van der Waals surface area contributed by atoms with Gasteiger partial charge in [-0.2, -0.15) is 0 Å². The molecule has 0 aliphatic carbocycles. The fraction of sp³-hybridized carbons (Fsp3) is 0.714. The summed E-state index contributed by atoms with van der Waals surface area (Å²) >= 11 is 0. The van der Waals surface area contributed by atoms with Crippen molar-refractivity contribution in [1.29, 1.82) is 0 Å². The average molecular weight is 209 g/mol. The zero-order valence-electron chi connectivity index (χ0n) is 11.1. The second kappa shape index (κ2) is 6.84. The monoisotopic (exact) mass is 209 g/mol. The summed E-state index contributed by atoms with van der Waals surface area (Å²) in [5, 5.41) is 0. The fourth-order valence-electron chi connectivity index (χ4n) is 1.61. The van der Waals surface area contributed by atoms with Gasteiger partial charge in [0, 0.05) is 5.54 Å². The van der Waals surface area contributed by atoms with Crippen LogP contribution in [0, 0.1) is 0 Å². The Morgan fingerprint density at radius 3 is 2.07 bits per heavy atom. The lowest BCUT2D eigenvalue weighted by atomic mass is 9.91. The summed E-state index contributed by atoms with van der Waals surface area (Å²) in [7, 11) is 0. The summed E-state index contributed by atoms with van der Waals surface area (Å²) in [4.78, 5) is 0. The lowest BCUT2D eigenvalue weighted by Crippen LogP contribution is -2.36. The van der Waals surface area contributed by atoms with Gasteiger partial charge in [0.25, 0.3) is 0 Å². The van der Waals surface area contributed by atoms with Crippen LogP contribution < -0.4 is 5.73 Å². The molecule has 1 nitrogen and oxygen atoms in total. The van der Waals surface area contributed by atoms with Crippen molar-refractivity contribution in [2.24, 2.45) is 5.73 Å². The van der Waals surface area contributed by atoms with Gasteiger partial charge in [-0.3, -0.25) is 0 Å². The van der Waals surface area contributed by atoms with E-state index in [4.69, 9.17) is 5.73 Å². The number of nitrogens with two attached hydrogens (primary N) is 1. The van der Waals surface area contributed by atoms with E-state index in [9.17, 15) is 0 Å². The molecule has 0 radical (unpaired) electrons. The number of hydrogen-bond donors (Lipinski definition) is 1. The molecular formula is C14H27N. The van der Waals surface area contributed by atoms with Gasteiger partial charge in [-0.1, -0.05) is 37.1 Å². The number of rotatable bonds is 6. The van der Waals surface area contributed by atoms with Crippen LogP contribution >= 0.6 is 0 Å². The molecule has 88 valence electrons. The van der Waals surface area contributed by atoms with Gasteiger partial charge in [0.1, 0.15) is 0 Å². The normalized spacial score (nSPS) is 12.8. The molecule has 0 rings (SSSR count). The van der Waals surface area contributed by atoms with Crippen LogP contribution in [0.15, 0.2) is 23.3 Å². The first-order valence-electron chi connectivity index (χ1n) is 6.04. The number of hydrogen-bond acceptors (Lipinski definition) is 1. The second-order valence-electron chi connectivity index (χ2n) is 4.75. The minimum atomic E-state index is -0.0882. The van der Waals surface area contributed by atoms with E-state index in [1.165, 1.54) is 11.1 Å². The third-order valence-corrected chi connectivity index (χ3v) is 2.94. The highest BCUT2D eigenvalue weighted by Crippen LogP contribution is 2.17. The van der Waals surface area contributed by atoms with E-state index < -0.39 is 0 Å². The largest absolute Gasteiger partial charge is 0.322 e. The van der Waals surface area contributed by atoms with Crippen molar-refractivity contribution in [3.63, 3.8) is 0 Å². The molecule has 0 heterocycles. The van der Waals surface area contributed by atoms with E-state index in [1.54, 1.807) is 0 Å². The first-order valence-corrected chi connectivity index (χ1v) is 6.04. The summed E-state index contributed by atoms with van der Waals surface area (Å²) in [5.41, 5.74) is 8.96. The van der Waals surface area contributed by atoms with Crippen LogP contribution in [0.5, 0.6) is 0 Å². The van der Waals surface area contributed by atoms with Gasteiger partial charge < -0.3 is 5.73 Å². The second-order valence-corrected chi connectivity index (χ2v) is 4.75. The maximum absolute atomic E-state index is 6.24. The predicted molar refractivity (Wildman–Crippen MR) is 69.9 cm³/mol. The lowest BCUT2D eigenvalue weighted by Gasteiger charge is -2.23. The zero-order chi connectivity index (χ0) is 11.9. The third kappa shape index (κ3) is 6.51. The summed E-state index contributed by atoms with van der Waals surface area (Å²) < 4.78 is 0. The summed E-state index contributed by atoms with van der Waals surface area (Å²) in [6.07, 6.45) is 8.84. The summed E-state index contributed by atoms with van der Waals surface area (Å²) in [5.74, 6) is 0. The smallest absolute Gasteiger partial charge is 0.0336 e. The van der Waals surface area contributed by atoms with Gasteiger partial charge in [-0.15, -0.1) is 0 Å². The van der Waals surface area contributed by atoms with Crippen LogP contribution in [0.1, 0.15) is 60.3 Å².